The van der Waals surface area contributed by atoms with Crippen molar-refractivity contribution in [1.29, 1.82) is 0 Å². The van der Waals surface area contributed by atoms with Gasteiger partial charge in [-0.2, -0.15) is 0 Å². The standard InChI is InChI=1S/C9H10ClN3O3/c1-2-3-11-9(14)7-4-6(13(15)16)5-12-8(7)10/h4-5H,2-3H2,1H3,(H,11,14). The molecule has 0 saturated carbocycles. The average Bonchev–Trinajstić information content (AvgIpc) is 2.26. The van der Waals surface area contributed by atoms with Crippen LogP contribution in [0.3, 0.4) is 0 Å². The predicted molar refractivity (Wildman–Crippen MR) is 58.5 cm³/mol. The topological polar surface area (TPSA) is 85.1 Å². The SMILES string of the molecule is CCCNC(=O)c1cc([N+](=O)[O-])cnc1Cl. The molecule has 0 atom stereocenters. The van der Waals surface area contributed by atoms with Crippen LogP contribution in [0.1, 0.15) is 23.7 Å². The molecule has 1 aromatic heterocycles. The number of nitrogens with zero attached hydrogens (tertiary/aromatic N) is 2. The van der Waals surface area contributed by atoms with Gasteiger partial charge in [0.2, 0.25) is 0 Å². The van der Waals surface area contributed by atoms with Crippen molar-refractivity contribution in [3.05, 3.63) is 33.1 Å². The molecule has 1 rings (SSSR count). The Morgan fingerprint density at radius 3 is 2.94 bits per heavy atom. The first-order chi connectivity index (χ1) is 7.56. The van der Waals surface area contributed by atoms with Crippen molar-refractivity contribution in [3.8, 4) is 0 Å². The summed E-state index contributed by atoms with van der Waals surface area (Å²) in [7, 11) is 0. The second-order valence-electron chi connectivity index (χ2n) is 3.04. The van der Waals surface area contributed by atoms with Crippen molar-refractivity contribution in [2.24, 2.45) is 0 Å². The number of amides is 1. The maximum Gasteiger partial charge on any atom is 0.288 e. The summed E-state index contributed by atoms with van der Waals surface area (Å²) in [6.45, 7) is 2.38. The Bertz CT molecular complexity index is 422. The first kappa shape index (κ1) is 12.4. The Morgan fingerprint density at radius 1 is 1.69 bits per heavy atom. The fourth-order valence-electron chi connectivity index (χ4n) is 1.03. The molecule has 1 heterocycles. The van der Waals surface area contributed by atoms with Gasteiger partial charge < -0.3 is 5.32 Å². The molecule has 0 aliphatic heterocycles. The number of rotatable bonds is 4. The number of aromatic nitrogens is 1. The van der Waals surface area contributed by atoms with Gasteiger partial charge in [0.05, 0.1) is 10.5 Å². The third-order valence-corrected chi connectivity index (χ3v) is 2.12. The van der Waals surface area contributed by atoms with Crippen molar-refractivity contribution in [3.63, 3.8) is 0 Å². The first-order valence-corrected chi connectivity index (χ1v) is 5.02. The minimum Gasteiger partial charge on any atom is -0.352 e. The van der Waals surface area contributed by atoms with E-state index in [1.807, 2.05) is 6.92 Å². The molecule has 1 N–H and O–H groups in total. The lowest BCUT2D eigenvalue weighted by Crippen LogP contribution is -2.24. The molecule has 0 aliphatic carbocycles. The predicted octanol–water partition coefficient (Wildman–Crippen LogP) is 1.78. The zero-order valence-corrected chi connectivity index (χ0v) is 9.32. The van der Waals surface area contributed by atoms with Crippen LogP contribution in [0, 0.1) is 10.1 Å². The second kappa shape index (κ2) is 5.41. The molecule has 0 aliphatic rings. The number of nitrogens with one attached hydrogen (secondary N) is 1. The molecule has 0 bridgehead atoms. The monoisotopic (exact) mass is 243 g/mol. The highest BCUT2D eigenvalue weighted by Crippen LogP contribution is 2.18. The fraction of sp³-hybridized carbons (Fsp3) is 0.333. The molecule has 0 saturated heterocycles. The summed E-state index contributed by atoms with van der Waals surface area (Å²) >= 11 is 5.68. The van der Waals surface area contributed by atoms with Gasteiger partial charge in [-0.1, -0.05) is 18.5 Å². The summed E-state index contributed by atoms with van der Waals surface area (Å²) in [4.78, 5) is 25.0. The Kier molecular flexibility index (Phi) is 4.19. The van der Waals surface area contributed by atoms with E-state index in [2.05, 4.69) is 10.3 Å². The van der Waals surface area contributed by atoms with E-state index >= 15 is 0 Å². The van der Waals surface area contributed by atoms with Crippen LogP contribution in [0.25, 0.3) is 0 Å². The number of halogens is 1. The summed E-state index contributed by atoms with van der Waals surface area (Å²) in [6, 6.07) is 1.11. The van der Waals surface area contributed by atoms with E-state index in [1.54, 1.807) is 0 Å². The summed E-state index contributed by atoms with van der Waals surface area (Å²) in [6.07, 6.45) is 1.78. The van der Waals surface area contributed by atoms with E-state index in [0.29, 0.717) is 6.54 Å². The van der Waals surface area contributed by atoms with E-state index in [9.17, 15) is 14.9 Å². The Morgan fingerprint density at radius 2 is 2.38 bits per heavy atom. The minimum atomic E-state index is -0.625. The average molecular weight is 244 g/mol. The van der Waals surface area contributed by atoms with Crippen molar-refractivity contribution >= 4 is 23.2 Å². The summed E-state index contributed by atoms with van der Waals surface area (Å²) in [5.74, 6) is -0.456. The third-order valence-electron chi connectivity index (χ3n) is 1.82. The molecule has 0 radical (unpaired) electrons. The Hall–Kier alpha value is -1.69. The van der Waals surface area contributed by atoms with Gasteiger partial charge in [-0.05, 0) is 6.42 Å². The van der Waals surface area contributed by atoms with Crippen LogP contribution in [0.4, 0.5) is 5.69 Å². The van der Waals surface area contributed by atoms with Crippen molar-refractivity contribution in [1.82, 2.24) is 10.3 Å². The van der Waals surface area contributed by atoms with Gasteiger partial charge in [-0.15, -0.1) is 0 Å². The quantitative estimate of drug-likeness (QED) is 0.496. The molecule has 1 amide bonds. The third kappa shape index (κ3) is 2.90. The zero-order chi connectivity index (χ0) is 12.1. The largest absolute Gasteiger partial charge is 0.352 e. The zero-order valence-electron chi connectivity index (χ0n) is 8.57. The molecule has 86 valence electrons. The molecule has 1 aromatic rings. The van der Waals surface area contributed by atoms with Gasteiger partial charge in [-0.3, -0.25) is 14.9 Å². The highest BCUT2D eigenvalue weighted by atomic mass is 35.5. The molecule has 6 nitrogen and oxygen atoms in total. The number of hydrogen-bond donors (Lipinski definition) is 1. The Balaban J connectivity index is 2.97. The van der Waals surface area contributed by atoms with Crippen LogP contribution < -0.4 is 5.32 Å². The van der Waals surface area contributed by atoms with E-state index in [-0.39, 0.29) is 16.4 Å². The van der Waals surface area contributed by atoms with Crippen LogP contribution in [0.2, 0.25) is 5.15 Å². The number of carbonyl (C=O) groups is 1. The first-order valence-electron chi connectivity index (χ1n) is 4.64. The van der Waals surface area contributed by atoms with Crippen LogP contribution in [0.5, 0.6) is 0 Å². The van der Waals surface area contributed by atoms with Gasteiger partial charge in [-0.25, -0.2) is 4.98 Å². The lowest BCUT2D eigenvalue weighted by molar-refractivity contribution is -0.385. The molecule has 7 heteroatoms. The van der Waals surface area contributed by atoms with E-state index in [4.69, 9.17) is 11.6 Å². The van der Waals surface area contributed by atoms with E-state index in [1.165, 1.54) is 0 Å². The van der Waals surface area contributed by atoms with E-state index < -0.39 is 10.8 Å². The fourth-order valence-corrected chi connectivity index (χ4v) is 1.22. The van der Waals surface area contributed by atoms with Gasteiger partial charge in [0, 0.05) is 12.6 Å². The summed E-state index contributed by atoms with van der Waals surface area (Å²) < 4.78 is 0. The highest BCUT2D eigenvalue weighted by Gasteiger charge is 2.16. The van der Waals surface area contributed by atoms with Crippen LogP contribution in [-0.2, 0) is 0 Å². The summed E-state index contributed by atoms with van der Waals surface area (Å²) in [5.41, 5.74) is -0.240. The van der Waals surface area contributed by atoms with Crippen molar-refractivity contribution < 1.29 is 9.72 Å². The Labute approximate surface area is 96.8 Å². The molecular weight excluding hydrogens is 234 g/mol. The van der Waals surface area contributed by atoms with Crippen molar-refractivity contribution in [2.45, 2.75) is 13.3 Å². The molecular formula is C9H10ClN3O3. The number of nitro groups is 1. The van der Waals surface area contributed by atoms with E-state index in [0.717, 1.165) is 18.7 Å². The van der Waals surface area contributed by atoms with Gasteiger partial charge in [0.15, 0.2) is 0 Å². The second-order valence-corrected chi connectivity index (χ2v) is 3.40. The van der Waals surface area contributed by atoms with Gasteiger partial charge in [0.1, 0.15) is 11.3 Å². The number of carbonyl (C=O) groups excluding carboxylic acids is 1. The van der Waals surface area contributed by atoms with Gasteiger partial charge in [0.25, 0.3) is 11.6 Å². The normalized spacial score (nSPS) is 9.88. The van der Waals surface area contributed by atoms with Crippen molar-refractivity contribution in [2.75, 3.05) is 6.54 Å². The lowest BCUT2D eigenvalue weighted by atomic mass is 10.2. The number of pyridine rings is 1. The van der Waals surface area contributed by atoms with Gasteiger partial charge >= 0.3 is 0 Å². The molecule has 0 spiro atoms. The highest BCUT2D eigenvalue weighted by molar-refractivity contribution is 6.32. The minimum absolute atomic E-state index is 0.0179. The molecule has 0 fully saturated rings. The molecule has 0 aromatic carbocycles. The van der Waals surface area contributed by atoms with Crippen LogP contribution in [-0.4, -0.2) is 22.4 Å². The molecule has 16 heavy (non-hydrogen) atoms. The maximum atomic E-state index is 11.5. The molecule has 0 unspecified atom stereocenters. The summed E-state index contributed by atoms with van der Waals surface area (Å²) in [5, 5.41) is 13.0. The smallest absolute Gasteiger partial charge is 0.288 e. The van der Waals surface area contributed by atoms with Crippen LogP contribution in [0.15, 0.2) is 12.3 Å². The number of hydrogen-bond acceptors (Lipinski definition) is 4. The van der Waals surface area contributed by atoms with Crippen LogP contribution >= 0.6 is 11.6 Å². The lowest BCUT2D eigenvalue weighted by Gasteiger charge is -2.04. The maximum absolute atomic E-state index is 11.5.